The van der Waals surface area contributed by atoms with Crippen molar-refractivity contribution in [3.8, 4) is 0 Å². The molecular weight excluding hydrogens is 362 g/mol. The Morgan fingerprint density at radius 1 is 0.917 bits per heavy atom. The van der Waals surface area contributed by atoms with Crippen LogP contribution in [-0.4, -0.2) is 15.7 Å². The Morgan fingerprint density at radius 3 is 2.46 bits per heavy atom. The number of hydrogen-bond acceptors (Lipinski definition) is 1. The van der Waals surface area contributed by atoms with Crippen molar-refractivity contribution in [1.29, 1.82) is 0 Å². The summed E-state index contributed by atoms with van der Waals surface area (Å²) < 4.78 is 2.19. The van der Waals surface area contributed by atoms with E-state index in [1.165, 1.54) is 5.56 Å². The lowest BCUT2D eigenvalue weighted by Gasteiger charge is -2.05. The van der Waals surface area contributed by atoms with Crippen LogP contribution in [0.2, 0.25) is 0 Å². The van der Waals surface area contributed by atoms with Gasteiger partial charge in [0.1, 0.15) is 0 Å². The smallest absolute Gasteiger partial charge is 0.165 e. The molecular formula is C21H22BrNO. The zero-order valence-corrected chi connectivity index (χ0v) is 15.3. The van der Waals surface area contributed by atoms with E-state index in [1.54, 1.807) is 0 Å². The van der Waals surface area contributed by atoms with E-state index in [0.29, 0.717) is 6.42 Å². The first kappa shape index (κ1) is 17.0. The van der Waals surface area contributed by atoms with E-state index in [9.17, 15) is 4.79 Å². The highest BCUT2D eigenvalue weighted by Gasteiger charge is 2.14. The highest BCUT2D eigenvalue weighted by atomic mass is 79.9. The summed E-state index contributed by atoms with van der Waals surface area (Å²) in [5, 5.41) is 2.08. The molecule has 0 atom stereocenters. The number of unbranched alkanes of at least 4 members (excludes halogenated alkanes) is 2. The molecule has 2 aromatic carbocycles. The largest absolute Gasteiger partial charge is 0.342 e. The first-order chi connectivity index (χ1) is 11.8. The summed E-state index contributed by atoms with van der Waals surface area (Å²) >= 11 is 3.44. The fraction of sp³-hybridized carbons (Fsp3) is 0.286. The van der Waals surface area contributed by atoms with Crippen molar-refractivity contribution in [2.75, 3.05) is 5.33 Å². The van der Waals surface area contributed by atoms with Crippen molar-refractivity contribution in [2.45, 2.75) is 32.2 Å². The second-order valence-electron chi connectivity index (χ2n) is 6.10. The second-order valence-corrected chi connectivity index (χ2v) is 6.89. The first-order valence-electron chi connectivity index (χ1n) is 8.50. The first-order valence-corrected chi connectivity index (χ1v) is 9.62. The monoisotopic (exact) mass is 383 g/mol. The lowest BCUT2D eigenvalue weighted by Crippen LogP contribution is -2.00. The van der Waals surface area contributed by atoms with Crippen molar-refractivity contribution in [3.05, 3.63) is 71.9 Å². The number of ketones is 1. The molecule has 0 radical (unpaired) electrons. The van der Waals surface area contributed by atoms with Gasteiger partial charge in [0.15, 0.2) is 5.78 Å². The van der Waals surface area contributed by atoms with Crippen molar-refractivity contribution >= 4 is 32.6 Å². The van der Waals surface area contributed by atoms with Crippen LogP contribution in [0.1, 0.15) is 41.6 Å². The summed E-state index contributed by atoms with van der Waals surface area (Å²) in [7, 11) is 0. The van der Waals surface area contributed by atoms with E-state index in [0.717, 1.165) is 47.6 Å². The van der Waals surface area contributed by atoms with Crippen molar-refractivity contribution < 1.29 is 4.79 Å². The number of Topliss-reactive ketones (excluding diaryl/α,β-unsaturated/α-hetero) is 1. The quantitative estimate of drug-likeness (QED) is 0.272. The fourth-order valence-corrected chi connectivity index (χ4v) is 3.47. The van der Waals surface area contributed by atoms with E-state index in [1.807, 2.05) is 24.4 Å². The van der Waals surface area contributed by atoms with Crippen LogP contribution in [0.25, 0.3) is 10.9 Å². The fourth-order valence-electron chi connectivity index (χ4n) is 3.07. The van der Waals surface area contributed by atoms with Gasteiger partial charge in [-0.25, -0.2) is 0 Å². The third-order valence-corrected chi connectivity index (χ3v) is 4.88. The van der Waals surface area contributed by atoms with Gasteiger partial charge < -0.3 is 4.57 Å². The van der Waals surface area contributed by atoms with Gasteiger partial charge in [0.05, 0.1) is 0 Å². The van der Waals surface area contributed by atoms with Crippen molar-refractivity contribution in [1.82, 2.24) is 4.57 Å². The van der Waals surface area contributed by atoms with Gasteiger partial charge in [-0.2, -0.15) is 0 Å². The molecule has 0 saturated heterocycles. The van der Waals surface area contributed by atoms with Gasteiger partial charge in [-0.1, -0.05) is 70.9 Å². The van der Waals surface area contributed by atoms with Crippen LogP contribution in [0.3, 0.4) is 0 Å². The number of carbonyl (C=O) groups excluding carboxylic acids is 1. The van der Waals surface area contributed by atoms with E-state index in [4.69, 9.17) is 0 Å². The molecule has 0 aliphatic carbocycles. The van der Waals surface area contributed by atoms with E-state index in [-0.39, 0.29) is 5.78 Å². The van der Waals surface area contributed by atoms with Crippen LogP contribution in [0.15, 0.2) is 60.8 Å². The van der Waals surface area contributed by atoms with Gasteiger partial charge in [0, 0.05) is 41.0 Å². The number of para-hydroxylation sites is 1. The second kappa shape index (κ2) is 8.29. The molecule has 1 aromatic heterocycles. The lowest BCUT2D eigenvalue weighted by atomic mass is 10.0. The SMILES string of the molecule is O=C(CCCCCBr)c1cn(Cc2ccccc2)c2ccccc12. The summed E-state index contributed by atoms with van der Waals surface area (Å²) in [6.07, 6.45) is 5.85. The highest BCUT2D eigenvalue weighted by molar-refractivity contribution is 9.09. The molecule has 0 N–H and O–H groups in total. The van der Waals surface area contributed by atoms with Gasteiger partial charge >= 0.3 is 0 Å². The molecule has 0 spiro atoms. The number of carbonyl (C=O) groups is 1. The van der Waals surface area contributed by atoms with Gasteiger partial charge in [-0.05, 0) is 24.5 Å². The molecule has 1 heterocycles. The number of fused-ring (bicyclic) bond motifs is 1. The van der Waals surface area contributed by atoms with Crippen LogP contribution in [0.4, 0.5) is 0 Å². The average molecular weight is 384 g/mol. The minimum absolute atomic E-state index is 0.257. The van der Waals surface area contributed by atoms with Crippen LogP contribution in [0, 0.1) is 0 Å². The number of aromatic nitrogens is 1. The summed E-state index contributed by atoms with van der Waals surface area (Å²) in [6, 6.07) is 18.6. The Kier molecular flexibility index (Phi) is 5.86. The molecule has 0 bridgehead atoms. The van der Waals surface area contributed by atoms with E-state index in [2.05, 4.69) is 56.9 Å². The van der Waals surface area contributed by atoms with Crippen molar-refractivity contribution in [2.24, 2.45) is 0 Å². The number of benzene rings is 2. The maximum atomic E-state index is 12.7. The molecule has 0 fully saturated rings. The minimum Gasteiger partial charge on any atom is -0.342 e. The van der Waals surface area contributed by atoms with E-state index < -0.39 is 0 Å². The molecule has 124 valence electrons. The zero-order chi connectivity index (χ0) is 16.8. The Balaban J connectivity index is 1.85. The Morgan fingerprint density at radius 2 is 1.67 bits per heavy atom. The number of rotatable bonds is 8. The summed E-state index contributed by atoms with van der Waals surface area (Å²) in [5.74, 6) is 0.257. The Bertz CT molecular complexity index is 807. The molecule has 0 amide bonds. The number of hydrogen-bond donors (Lipinski definition) is 0. The van der Waals surface area contributed by atoms with Crippen LogP contribution < -0.4 is 0 Å². The van der Waals surface area contributed by atoms with Crippen LogP contribution in [-0.2, 0) is 6.54 Å². The minimum atomic E-state index is 0.257. The van der Waals surface area contributed by atoms with E-state index >= 15 is 0 Å². The molecule has 0 saturated carbocycles. The molecule has 3 heteroatoms. The van der Waals surface area contributed by atoms with Gasteiger partial charge in [-0.3, -0.25) is 4.79 Å². The molecule has 24 heavy (non-hydrogen) atoms. The molecule has 3 aromatic rings. The Labute approximate surface area is 151 Å². The number of halogens is 1. The summed E-state index contributed by atoms with van der Waals surface area (Å²) in [6.45, 7) is 0.790. The third kappa shape index (κ3) is 3.96. The molecule has 3 rings (SSSR count). The molecule has 0 aliphatic rings. The molecule has 0 aliphatic heterocycles. The van der Waals surface area contributed by atoms with Gasteiger partial charge in [-0.15, -0.1) is 0 Å². The predicted octanol–water partition coefficient (Wildman–Crippen LogP) is 5.83. The predicted molar refractivity (Wildman–Crippen MR) is 104 cm³/mol. The van der Waals surface area contributed by atoms with Crippen LogP contribution in [0.5, 0.6) is 0 Å². The lowest BCUT2D eigenvalue weighted by molar-refractivity contribution is 0.0980. The normalized spacial score (nSPS) is 11.0. The summed E-state index contributed by atoms with van der Waals surface area (Å²) in [4.78, 5) is 12.7. The van der Waals surface area contributed by atoms with Crippen molar-refractivity contribution in [3.63, 3.8) is 0 Å². The van der Waals surface area contributed by atoms with Gasteiger partial charge in [0.25, 0.3) is 0 Å². The molecule has 2 nitrogen and oxygen atoms in total. The Hall–Kier alpha value is -1.87. The van der Waals surface area contributed by atoms with Gasteiger partial charge in [0.2, 0.25) is 0 Å². The van der Waals surface area contributed by atoms with Crippen LogP contribution >= 0.6 is 15.9 Å². The number of alkyl halides is 1. The average Bonchev–Trinajstić information content (AvgIpc) is 2.98. The number of nitrogens with zero attached hydrogens (tertiary/aromatic N) is 1. The molecule has 0 unspecified atom stereocenters. The highest BCUT2D eigenvalue weighted by Crippen LogP contribution is 2.24. The topological polar surface area (TPSA) is 22.0 Å². The summed E-state index contributed by atoms with van der Waals surface area (Å²) in [5.41, 5.74) is 3.24. The standard InChI is InChI=1S/C21H22BrNO/c22-14-8-2-5-13-21(24)19-16-23(15-17-9-3-1-4-10-17)20-12-7-6-11-18(19)20/h1,3-4,6-7,9-12,16H,2,5,8,13-15H2. The third-order valence-electron chi connectivity index (χ3n) is 4.32. The maximum absolute atomic E-state index is 12.7. The zero-order valence-electron chi connectivity index (χ0n) is 13.7. The maximum Gasteiger partial charge on any atom is 0.165 e.